The van der Waals surface area contributed by atoms with Crippen molar-refractivity contribution in [2.45, 2.75) is 13.3 Å². The lowest BCUT2D eigenvalue weighted by molar-refractivity contribution is 0.0734. The van der Waals surface area contributed by atoms with E-state index in [4.69, 9.17) is 9.15 Å². The average molecular weight is 427 g/mol. The topological polar surface area (TPSA) is 85.6 Å². The molecule has 4 aromatic rings. The van der Waals surface area contributed by atoms with Gasteiger partial charge in [-0.3, -0.25) is 4.79 Å². The zero-order valence-corrected chi connectivity index (χ0v) is 17.5. The van der Waals surface area contributed by atoms with Crippen LogP contribution in [0.4, 0.5) is 0 Å². The quantitative estimate of drug-likeness (QED) is 0.282. The van der Waals surface area contributed by atoms with Gasteiger partial charge in [0.05, 0.1) is 5.56 Å². The molecule has 3 aromatic carbocycles. The number of hydrogen-bond acceptors (Lipinski definition) is 5. The smallest absolute Gasteiger partial charge is 0.349 e. The zero-order valence-electron chi connectivity index (χ0n) is 17.5. The Kier molecular flexibility index (Phi) is 6.12. The Bertz CT molecular complexity index is 1340. The van der Waals surface area contributed by atoms with Crippen LogP contribution in [-0.2, 0) is 6.42 Å². The van der Waals surface area contributed by atoms with E-state index in [-0.39, 0.29) is 16.9 Å². The highest BCUT2D eigenvalue weighted by molar-refractivity contribution is 5.97. The van der Waals surface area contributed by atoms with Gasteiger partial charge in [-0.1, -0.05) is 48.0 Å². The molecule has 0 fully saturated rings. The van der Waals surface area contributed by atoms with E-state index in [1.165, 1.54) is 12.1 Å². The molecule has 0 bridgehead atoms. The molecule has 0 aliphatic carbocycles. The number of esters is 1. The fourth-order valence-electron chi connectivity index (χ4n) is 3.31. The number of benzene rings is 3. The van der Waals surface area contributed by atoms with Crippen molar-refractivity contribution >= 4 is 22.8 Å². The predicted molar refractivity (Wildman–Crippen MR) is 121 cm³/mol. The molecule has 6 heteroatoms. The number of fused-ring (bicyclic) bond motifs is 1. The second-order valence-corrected chi connectivity index (χ2v) is 7.40. The minimum atomic E-state index is -0.753. The summed E-state index contributed by atoms with van der Waals surface area (Å²) in [6.07, 6.45) is 0.654. The fraction of sp³-hybridized carbons (Fsp3) is 0.115. The Morgan fingerprint density at radius 3 is 2.53 bits per heavy atom. The second kappa shape index (κ2) is 9.31. The molecule has 0 aliphatic rings. The Labute approximate surface area is 184 Å². The number of aryl methyl sites for hydroxylation is 1. The third kappa shape index (κ3) is 4.92. The molecule has 0 aliphatic heterocycles. The highest BCUT2D eigenvalue weighted by Crippen LogP contribution is 2.21. The van der Waals surface area contributed by atoms with Crippen LogP contribution in [0.2, 0.25) is 0 Å². The highest BCUT2D eigenvalue weighted by Gasteiger charge is 2.15. The summed E-state index contributed by atoms with van der Waals surface area (Å²) in [6, 6.07) is 23.0. The predicted octanol–water partition coefficient (Wildman–Crippen LogP) is 4.29. The monoisotopic (exact) mass is 427 g/mol. The number of ether oxygens (including phenoxy) is 1. The van der Waals surface area contributed by atoms with Crippen molar-refractivity contribution in [2.75, 3.05) is 6.54 Å². The molecule has 6 nitrogen and oxygen atoms in total. The van der Waals surface area contributed by atoms with E-state index in [1.807, 2.05) is 43.3 Å². The van der Waals surface area contributed by atoms with E-state index < -0.39 is 17.5 Å². The Balaban J connectivity index is 1.47. The third-order valence-electron chi connectivity index (χ3n) is 4.96. The molecule has 1 heterocycles. The lowest BCUT2D eigenvalue weighted by atomic mass is 10.1. The molecular formula is C26H21NO5. The largest absolute Gasteiger partial charge is 0.423 e. The van der Waals surface area contributed by atoms with Crippen molar-refractivity contribution in [3.05, 3.63) is 112 Å². The molecule has 4 rings (SSSR count). The maximum Gasteiger partial charge on any atom is 0.349 e. The molecule has 32 heavy (non-hydrogen) atoms. The van der Waals surface area contributed by atoms with Gasteiger partial charge in [0, 0.05) is 18.0 Å². The maximum atomic E-state index is 12.5. The normalized spacial score (nSPS) is 10.7. The molecule has 1 N–H and O–H groups in total. The summed E-state index contributed by atoms with van der Waals surface area (Å²) in [5.41, 5.74) is 1.86. The minimum absolute atomic E-state index is 0.0740. The summed E-state index contributed by atoms with van der Waals surface area (Å²) < 4.78 is 10.7. The lowest BCUT2D eigenvalue weighted by Crippen LogP contribution is -2.29. The van der Waals surface area contributed by atoms with Crippen LogP contribution in [0, 0.1) is 6.92 Å². The molecule has 0 radical (unpaired) electrons. The lowest BCUT2D eigenvalue weighted by Gasteiger charge is -2.07. The van der Waals surface area contributed by atoms with Gasteiger partial charge in [0.2, 0.25) is 0 Å². The number of carbonyl (C=O) groups is 2. The van der Waals surface area contributed by atoms with Crippen molar-refractivity contribution in [3.8, 4) is 5.75 Å². The standard InChI is InChI=1S/C26H21NO5/c1-17-6-5-9-20(14-17)25(29)31-21-11-10-19-15-22(26(30)32-23(19)16-21)24(28)27-13-12-18-7-3-2-4-8-18/h2-11,14-16H,12-13H2,1H3,(H,27,28). The zero-order chi connectivity index (χ0) is 22.5. The summed E-state index contributed by atoms with van der Waals surface area (Å²) in [5.74, 6) is -0.761. The van der Waals surface area contributed by atoms with Gasteiger partial charge in [-0.15, -0.1) is 0 Å². The molecule has 1 aromatic heterocycles. The van der Waals surface area contributed by atoms with E-state index in [0.29, 0.717) is 23.9 Å². The van der Waals surface area contributed by atoms with Gasteiger partial charge in [-0.05, 0) is 49.2 Å². The van der Waals surface area contributed by atoms with Crippen LogP contribution in [-0.4, -0.2) is 18.4 Å². The van der Waals surface area contributed by atoms with Crippen LogP contribution in [0.1, 0.15) is 31.8 Å². The molecule has 0 spiro atoms. The second-order valence-electron chi connectivity index (χ2n) is 7.40. The van der Waals surface area contributed by atoms with Crippen LogP contribution in [0.5, 0.6) is 5.75 Å². The first-order valence-corrected chi connectivity index (χ1v) is 10.2. The van der Waals surface area contributed by atoms with E-state index >= 15 is 0 Å². The molecule has 0 atom stereocenters. The first-order valence-electron chi connectivity index (χ1n) is 10.2. The van der Waals surface area contributed by atoms with E-state index in [2.05, 4.69) is 5.32 Å². The van der Waals surface area contributed by atoms with Gasteiger partial charge >= 0.3 is 11.6 Å². The molecule has 0 saturated carbocycles. The van der Waals surface area contributed by atoms with Gasteiger partial charge in [-0.2, -0.15) is 0 Å². The van der Waals surface area contributed by atoms with Crippen molar-refractivity contribution in [3.63, 3.8) is 0 Å². The van der Waals surface area contributed by atoms with Gasteiger partial charge in [0.25, 0.3) is 5.91 Å². The average Bonchev–Trinajstić information content (AvgIpc) is 2.79. The molecule has 0 saturated heterocycles. The van der Waals surface area contributed by atoms with Crippen LogP contribution < -0.4 is 15.7 Å². The summed E-state index contributed by atoms with van der Waals surface area (Å²) in [4.78, 5) is 37.2. The van der Waals surface area contributed by atoms with Gasteiger partial charge in [0.1, 0.15) is 16.9 Å². The maximum absolute atomic E-state index is 12.5. The number of amides is 1. The Hall–Kier alpha value is -4.19. The fourth-order valence-corrected chi connectivity index (χ4v) is 3.31. The number of carbonyl (C=O) groups excluding carboxylic acids is 2. The minimum Gasteiger partial charge on any atom is -0.423 e. The van der Waals surface area contributed by atoms with Gasteiger partial charge in [0.15, 0.2) is 0 Å². The summed E-state index contributed by atoms with van der Waals surface area (Å²) in [5, 5.41) is 3.29. The number of rotatable bonds is 6. The third-order valence-corrected chi connectivity index (χ3v) is 4.96. The number of hydrogen-bond donors (Lipinski definition) is 1. The molecule has 0 unspecified atom stereocenters. The number of nitrogens with one attached hydrogen (secondary N) is 1. The SMILES string of the molecule is Cc1cccc(C(=O)Oc2ccc3cc(C(=O)NCCc4ccccc4)c(=O)oc3c2)c1. The highest BCUT2D eigenvalue weighted by atomic mass is 16.5. The van der Waals surface area contributed by atoms with Crippen LogP contribution in [0.25, 0.3) is 11.0 Å². The van der Waals surface area contributed by atoms with Crippen molar-refractivity contribution < 1.29 is 18.7 Å². The Morgan fingerprint density at radius 1 is 0.938 bits per heavy atom. The molecular weight excluding hydrogens is 406 g/mol. The summed E-state index contributed by atoms with van der Waals surface area (Å²) in [7, 11) is 0. The Morgan fingerprint density at radius 2 is 1.75 bits per heavy atom. The first kappa shape index (κ1) is 21.1. The first-order chi connectivity index (χ1) is 15.5. The molecule has 160 valence electrons. The van der Waals surface area contributed by atoms with Crippen LogP contribution in [0.15, 0.2) is 88.1 Å². The van der Waals surface area contributed by atoms with Crippen molar-refractivity contribution in [1.82, 2.24) is 5.32 Å². The van der Waals surface area contributed by atoms with E-state index in [0.717, 1.165) is 11.1 Å². The summed E-state index contributed by atoms with van der Waals surface area (Å²) in [6.45, 7) is 2.28. The van der Waals surface area contributed by atoms with Crippen LogP contribution in [0.3, 0.4) is 0 Å². The summed E-state index contributed by atoms with van der Waals surface area (Å²) >= 11 is 0. The van der Waals surface area contributed by atoms with E-state index in [1.54, 1.807) is 30.3 Å². The van der Waals surface area contributed by atoms with Crippen molar-refractivity contribution in [1.29, 1.82) is 0 Å². The molecule has 1 amide bonds. The van der Waals surface area contributed by atoms with Gasteiger partial charge in [-0.25, -0.2) is 9.59 Å². The van der Waals surface area contributed by atoms with Crippen molar-refractivity contribution in [2.24, 2.45) is 0 Å². The van der Waals surface area contributed by atoms with Crippen LogP contribution >= 0.6 is 0 Å². The van der Waals surface area contributed by atoms with Gasteiger partial charge < -0.3 is 14.5 Å². The van der Waals surface area contributed by atoms with E-state index in [9.17, 15) is 14.4 Å².